The first-order valence-electron chi connectivity index (χ1n) is 8.26. The van der Waals surface area contributed by atoms with Crippen molar-refractivity contribution in [2.24, 2.45) is 11.3 Å². The average Bonchev–Trinajstić information content (AvgIpc) is 2.92. The molecule has 0 aromatic heterocycles. The highest BCUT2D eigenvalue weighted by molar-refractivity contribution is 5.82. The number of urea groups is 1. The van der Waals surface area contributed by atoms with Crippen LogP contribution in [0.15, 0.2) is 0 Å². The van der Waals surface area contributed by atoms with Gasteiger partial charge in [-0.2, -0.15) is 0 Å². The van der Waals surface area contributed by atoms with Crippen LogP contribution in [-0.2, 0) is 4.79 Å². The van der Waals surface area contributed by atoms with E-state index < -0.39 is 12.0 Å². The Labute approximate surface area is 127 Å². The van der Waals surface area contributed by atoms with Gasteiger partial charge in [-0.25, -0.2) is 9.59 Å². The summed E-state index contributed by atoms with van der Waals surface area (Å²) in [6, 6.07) is -1.000. The SMILES string of the molecule is CCC(C)[C@H](NC(=O)N1CCC2(CCCC2)CC1)C(=O)O. The van der Waals surface area contributed by atoms with E-state index in [9.17, 15) is 14.7 Å². The monoisotopic (exact) mass is 296 g/mol. The number of carbonyl (C=O) groups is 2. The summed E-state index contributed by atoms with van der Waals surface area (Å²) in [6.45, 7) is 5.33. The number of likely N-dealkylation sites (tertiary alicyclic amines) is 1. The van der Waals surface area contributed by atoms with Gasteiger partial charge in [0.15, 0.2) is 0 Å². The van der Waals surface area contributed by atoms with Crippen molar-refractivity contribution in [1.29, 1.82) is 0 Å². The number of nitrogens with zero attached hydrogens (tertiary/aromatic N) is 1. The zero-order chi connectivity index (χ0) is 15.5. The molecule has 1 heterocycles. The van der Waals surface area contributed by atoms with Crippen molar-refractivity contribution >= 4 is 12.0 Å². The summed E-state index contributed by atoms with van der Waals surface area (Å²) in [5.41, 5.74) is 0.472. The van der Waals surface area contributed by atoms with Crippen molar-refractivity contribution in [3.05, 3.63) is 0 Å². The van der Waals surface area contributed by atoms with Crippen molar-refractivity contribution in [1.82, 2.24) is 10.2 Å². The Morgan fingerprint density at radius 2 is 1.76 bits per heavy atom. The molecule has 2 fully saturated rings. The molecular formula is C16H28N2O3. The molecule has 0 bridgehead atoms. The third kappa shape index (κ3) is 3.69. The number of hydrogen-bond donors (Lipinski definition) is 2. The Balaban J connectivity index is 1.87. The van der Waals surface area contributed by atoms with Crippen molar-refractivity contribution in [2.75, 3.05) is 13.1 Å². The van der Waals surface area contributed by atoms with E-state index in [-0.39, 0.29) is 11.9 Å². The highest BCUT2D eigenvalue weighted by atomic mass is 16.4. The molecule has 120 valence electrons. The van der Waals surface area contributed by atoms with Gasteiger partial charge < -0.3 is 15.3 Å². The Bertz CT molecular complexity index is 381. The van der Waals surface area contributed by atoms with E-state index in [0.717, 1.165) is 32.4 Å². The number of hydrogen-bond acceptors (Lipinski definition) is 2. The van der Waals surface area contributed by atoms with Crippen molar-refractivity contribution in [3.8, 4) is 0 Å². The summed E-state index contributed by atoms with van der Waals surface area (Å²) in [6.07, 6.45) is 8.12. The largest absolute Gasteiger partial charge is 0.480 e. The zero-order valence-electron chi connectivity index (χ0n) is 13.2. The molecule has 1 unspecified atom stereocenters. The van der Waals surface area contributed by atoms with Crippen LogP contribution in [0.5, 0.6) is 0 Å². The number of rotatable bonds is 4. The van der Waals surface area contributed by atoms with Crippen molar-refractivity contribution in [3.63, 3.8) is 0 Å². The fourth-order valence-corrected chi connectivity index (χ4v) is 3.72. The predicted octanol–water partition coefficient (Wildman–Crippen LogP) is 2.85. The molecule has 5 heteroatoms. The van der Waals surface area contributed by atoms with Gasteiger partial charge in [-0.05, 0) is 37.0 Å². The summed E-state index contributed by atoms with van der Waals surface area (Å²) in [5.74, 6) is -1.00. The lowest BCUT2D eigenvalue weighted by atomic mass is 9.77. The number of aliphatic carboxylic acids is 1. The number of piperidine rings is 1. The fraction of sp³-hybridized carbons (Fsp3) is 0.875. The standard InChI is InChI=1S/C16H28N2O3/c1-3-12(2)13(14(19)20)17-15(21)18-10-8-16(9-11-18)6-4-5-7-16/h12-13H,3-11H2,1-2H3,(H,17,21)(H,19,20)/t12?,13-/m0/s1. The number of amides is 2. The average molecular weight is 296 g/mol. The second kappa shape index (κ2) is 6.67. The highest BCUT2D eigenvalue weighted by Gasteiger charge is 2.38. The first-order chi connectivity index (χ1) is 9.97. The van der Waals surface area contributed by atoms with E-state index in [2.05, 4.69) is 5.32 Å². The van der Waals surface area contributed by atoms with Crippen LogP contribution in [0.25, 0.3) is 0 Å². The topological polar surface area (TPSA) is 69.6 Å². The molecule has 0 aromatic carbocycles. The molecule has 0 aromatic rings. The highest BCUT2D eigenvalue weighted by Crippen LogP contribution is 2.46. The Kier molecular flexibility index (Phi) is 5.12. The summed E-state index contributed by atoms with van der Waals surface area (Å²) in [7, 11) is 0. The van der Waals surface area contributed by atoms with Gasteiger partial charge >= 0.3 is 12.0 Å². The van der Waals surface area contributed by atoms with Gasteiger partial charge in [-0.3, -0.25) is 0 Å². The maximum Gasteiger partial charge on any atom is 0.326 e. The summed E-state index contributed by atoms with van der Waals surface area (Å²) in [5, 5.41) is 12.0. The lowest BCUT2D eigenvalue weighted by Gasteiger charge is -2.39. The van der Waals surface area contributed by atoms with E-state index in [1.807, 2.05) is 13.8 Å². The first-order valence-corrected chi connectivity index (χ1v) is 8.26. The van der Waals surface area contributed by atoms with Crippen LogP contribution in [0.3, 0.4) is 0 Å². The van der Waals surface area contributed by atoms with Crippen molar-refractivity contribution in [2.45, 2.75) is 64.8 Å². The normalized spacial score (nSPS) is 23.8. The third-order valence-electron chi connectivity index (χ3n) is 5.53. The van der Waals surface area contributed by atoms with E-state index in [1.165, 1.54) is 25.7 Å². The number of carbonyl (C=O) groups excluding carboxylic acids is 1. The number of carboxylic acids is 1. The number of nitrogens with one attached hydrogen (secondary N) is 1. The summed E-state index contributed by atoms with van der Waals surface area (Å²) < 4.78 is 0. The van der Waals surface area contributed by atoms with Gasteiger partial charge in [0.05, 0.1) is 0 Å². The Morgan fingerprint density at radius 1 is 1.19 bits per heavy atom. The smallest absolute Gasteiger partial charge is 0.326 e. The maximum absolute atomic E-state index is 12.3. The van der Waals surface area contributed by atoms with Crippen LogP contribution >= 0.6 is 0 Å². The molecule has 21 heavy (non-hydrogen) atoms. The second-order valence-corrected chi connectivity index (χ2v) is 6.85. The van der Waals surface area contributed by atoms with Crippen LogP contribution in [0, 0.1) is 11.3 Å². The van der Waals surface area contributed by atoms with Crippen LogP contribution in [-0.4, -0.2) is 41.1 Å². The molecule has 1 saturated carbocycles. The molecule has 1 aliphatic heterocycles. The molecule has 0 radical (unpaired) electrons. The molecule has 2 aliphatic rings. The van der Waals surface area contributed by atoms with E-state index in [1.54, 1.807) is 4.90 Å². The minimum absolute atomic E-state index is 0.0579. The molecule has 2 rings (SSSR count). The minimum Gasteiger partial charge on any atom is -0.480 e. The maximum atomic E-state index is 12.3. The van der Waals surface area contributed by atoms with E-state index in [4.69, 9.17) is 0 Å². The molecule has 2 N–H and O–H groups in total. The van der Waals surface area contributed by atoms with Crippen LogP contribution in [0.4, 0.5) is 4.79 Å². The molecular weight excluding hydrogens is 268 g/mol. The second-order valence-electron chi connectivity index (χ2n) is 6.85. The van der Waals surface area contributed by atoms with Crippen molar-refractivity contribution < 1.29 is 14.7 Å². The Morgan fingerprint density at radius 3 is 2.24 bits per heavy atom. The molecule has 5 nitrogen and oxygen atoms in total. The van der Waals surface area contributed by atoms with Gasteiger partial charge in [0.1, 0.15) is 6.04 Å². The molecule has 2 atom stereocenters. The predicted molar refractivity (Wildman–Crippen MR) is 81.1 cm³/mol. The minimum atomic E-state index is -0.943. The van der Waals surface area contributed by atoms with Gasteiger partial charge in [0.2, 0.25) is 0 Å². The Hall–Kier alpha value is -1.26. The van der Waals surface area contributed by atoms with E-state index in [0.29, 0.717) is 5.41 Å². The van der Waals surface area contributed by atoms with Gasteiger partial charge in [0, 0.05) is 13.1 Å². The summed E-state index contributed by atoms with van der Waals surface area (Å²) in [4.78, 5) is 25.4. The van der Waals surface area contributed by atoms with Crippen LogP contribution < -0.4 is 5.32 Å². The molecule has 1 saturated heterocycles. The van der Waals surface area contributed by atoms with Gasteiger partial charge in [0.25, 0.3) is 0 Å². The van der Waals surface area contributed by atoms with Gasteiger partial charge in [-0.1, -0.05) is 33.1 Å². The van der Waals surface area contributed by atoms with Gasteiger partial charge in [-0.15, -0.1) is 0 Å². The van der Waals surface area contributed by atoms with E-state index >= 15 is 0 Å². The fourth-order valence-electron chi connectivity index (χ4n) is 3.72. The molecule has 2 amide bonds. The quantitative estimate of drug-likeness (QED) is 0.838. The number of carboxylic acid groups (broad SMARTS) is 1. The lowest BCUT2D eigenvalue weighted by Crippen LogP contribution is -2.53. The molecule has 1 spiro atoms. The van der Waals surface area contributed by atoms with Crippen LogP contribution in [0.2, 0.25) is 0 Å². The lowest BCUT2D eigenvalue weighted by molar-refractivity contribution is -0.140. The molecule has 1 aliphatic carbocycles. The first kappa shape index (κ1) is 16.1. The van der Waals surface area contributed by atoms with Crippen LogP contribution in [0.1, 0.15) is 58.8 Å². The summed E-state index contributed by atoms with van der Waals surface area (Å²) >= 11 is 0. The third-order valence-corrected chi connectivity index (χ3v) is 5.53. The zero-order valence-corrected chi connectivity index (χ0v) is 13.2.